The zero-order chi connectivity index (χ0) is 14.8. The summed E-state index contributed by atoms with van der Waals surface area (Å²) in [6.07, 6.45) is 1.83. The first-order valence-corrected chi connectivity index (χ1v) is 8.38. The van der Waals surface area contributed by atoms with Gasteiger partial charge < -0.3 is 5.32 Å². The van der Waals surface area contributed by atoms with Crippen LogP contribution in [0.5, 0.6) is 0 Å². The first-order chi connectivity index (χ1) is 10.1. The lowest BCUT2D eigenvalue weighted by molar-refractivity contribution is -0.115. The van der Waals surface area contributed by atoms with Gasteiger partial charge in [-0.05, 0) is 42.5 Å². The van der Waals surface area contributed by atoms with Crippen LogP contribution < -0.4 is 5.32 Å². The van der Waals surface area contributed by atoms with Crippen LogP contribution in [0.15, 0.2) is 38.6 Å². The van der Waals surface area contributed by atoms with Crippen molar-refractivity contribution in [1.29, 1.82) is 0 Å². The van der Waals surface area contributed by atoms with Gasteiger partial charge in [0.05, 0.1) is 4.91 Å². The van der Waals surface area contributed by atoms with Crippen LogP contribution in [-0.4, -0.2) is 21.3 Å². The molecule has 0 unspecified atom stereocenters. The van der Waals surface area contributed by atoms with E-state index in [1.165, 1.54) is 23.1 Å². The molecule has 0 radical (unpaired) electrons. The Morgan fingerprint density at radius 3 is 2.71 bits per heavy atom. The number of hydrogen-bond donors (Lipinski definition) is 1. The van der Waals surface area contributed by atoms with Crippen LogP contribution in [0.3, 0.4) is 0 Å². The van der Waals surface area contributed by atoms with E-state index in [4.69, 9.17) is 0 Å². The molecule has 0 saturated carbocycles. The maximum absolute atomic E-state index is 11.9. The van der Waals surface area contributed by atoms with Gasteiger partial charge in [-0.15, -0.1) is 10.2 Å². The number of amides is 1. The van der Waals surface area contributed by atoms with E-state index in [-0.39, 0.29) is 5.91 Å². The number of aliphatic imine (C=N–C) groups is 1. The van der Waals surface area contributed by atoms with Crippen molar-refractivity contribution in [2.75, 3.05) is 0 Å². The number of hydrogen-bond acceptors (Lipinski definition) is 6. The third-order valence-electron chi connectivity index (χ3n) is 2.53. The summed E-state index contributed by atoms with van der Waals surface area (Å²) in [7, 11) is 0. The van der Waals surface area contributed by atoms with E-state index in [1.807, 2.05) is 37.3 Å². The van der Waals surface area contributed by atoms with Crippen molar-refractivity contribution in [3.05, 3.63) is 44.2 Å². The summed E-state index contributed by atoms with van der Waals surface area (Å²) in [6, 6.07) is 7.74. The van der Waals surface area contributed by atoms with Gasteiger partial charge in [0, 0.05) is 4.47 Å². The Labute approximate surface area is 137 Å². The summed E-state index contributed by atoms with van der Waals surface area (Å²) in [5, 5.41) is 12.4. The number of nitrogens with one attached hydrogen (secondary N) is 1. The third kappa shape index (κ3) is 3.58. The lowest BCUT2D eigenvalue weighted by atomic mass is 10.2. The smallest absolute Gasteiger partial charge is 0.264 e. The maximum Gasteiger partial charge on any atom is 0.264 e. The van der Waals surface area contributed by atoms with E-state index >= 15 is 0 Å². The van der Waals surface area contributed by atoms with E-state index < -0.39 is 0 Å². The molecule has 1 aromatic carbocycles. The molecule has 5 nitrogen and oxygen atoms in total. The molecule has 0 spiro atoms. The summed E-state index contributed by atoms with van der Waals surface area (Å²) in [4.78, 5) is 16.8. The van der Waals surface area contributed by atoms with Crippen LogP contribution in [0.1, 0.15) is 10.6 Å². The highest BCUT2D eigenvalue weighted by Crippen LogP contribution is 2.29. The second-order valence-corrected chi connectivity index (χ2v) is 7.24. The molecule has 1 aliphatic heterocycles. The highest BCUT2D eigenvalue weighted by Gasteiger charge is 2.24. The number of nitrogens with zero attached hydrogens (tertiary/aromatic N) is 3. The average molecular weight is 381 g/mol. The number of aryl methyl sites for hydroxylation is 1. The monoisotopic (exact) mass is 380 g/mol. The van der Waals surface area contributed by atoms with E-state index in [0.29, 0.717) is 15.2 Å². The van der Waals surface area contributed by atoms with Crippen molar-refractivity contribution in [3.8, 4) is 0 Å². The second kappa shape index (κ2) is 6.08. The van der Waals surface area contributed by atoms with Gasteiger partial charge in [-0.3, -0.25) is 4.79 Å². The van der Waals surface area contributed by atoms with Gasteiger partial charge in [0.2, 0.25) is 5.13 Å². The van der Waals surface area contributed by atoms with Crippen molar-refractivity contribution in [3.63, 3.8) is 0 Å². The lowest BCUT2D eigenvalue weighted by Gasteiger charge is -1.95. The fraction of sp³-hybridized carbons (Fsp3) is 0.0769. The molecule has 1 aromatic heterocycles. The summed E-state index contributed by atoms with van der Waals surface area (Å²) in [5.74, 6) is -0.150. The maximum atomic E-state index is 11.9. The molecule has 1 fully saturated rings. The number of amidine groups is 1. The number of thioether (sulfide) groups is 1. The molecule has 0 atom stereocenters. The van der Waals surface area contributed by atoms with Crippen LogP contribution in [0.25, 0.3) is 6.08 Å². The first-order valence-electron chi connectivity index (χ1n) is 5.95. The molecule has 3 rings (SSSR count). The van der Waals surface area contributed by atoms with E-state index in [2.05, 4.69) is 36.4 Å². The minimum Gasteiger partial charge on any atom is -0.300 e. The molecule has 21 heavy (non-hydrogen) atoms. The molecule has 1 N–H and O–H groups in total. The molecule has 106 valence electrons. The van der Waals surface area contributed by atoms with Crippen molar-refractivity contribution in [2.45, 2.75) is 6.92 Å². The lowest BCUT2D eigenvalue weighted by Crippen LogP contribution is -2.19. The first kappa shape index (κ1) is 14.4. The summed E-state index contributed by atoms with van der Waals surface area (Å²) >= 11 is 6.07. The van der Waals surface area contributed by atoms with Crippen molar-refractivity contribution in [2.24, 2.45) is 4.99 Å². The third-order valence-corrected chi connectivity index (χ3v) is 4.70. The summed E-state index contributed by atoms with van der Waals surface area (Å²) < 4.78 is 1.00. The van der Waals surface area contributed by atoms with Gasteiger partial charge >= 0.3 is 0 Å². The zero-order valence-electron chi connectivity index (χ0n) is 10.8. The molecule has 0 bridgehead atoms. The fourth-order valence-corrected chi connectivity index (χ4v) is 3.32. The highest BCUT2D eigenvalue weighted by atomic mass is 79.9. The zero-order valence-corrected chi connectivity index (χ0v) is 14.1. The topological polar surface area (TPSA) is 67.2 Å². The molecular formula is C13H9BrN4OS2. The Balaban J connectivity index is 1.81. The number of carbonyl (C=O) groups is 1. The normalized spacial score (nSPS) is 18.5. The average Bonchev–Trinajstić information content (AvgIpc) is 2.99. The molecule has 2 heterocycles. The van der Waals surface area contributed by atoms with Crippen molar-refractivity contribution >= 4 is 61.3 Å². The summed E-state index contributed by atoms with van der Waals surface area (Å²) in [5.41, 5.74) is 0.962. The van der Waals surface area contributed by atoms with Crippen molar-refractivity contribution < 1.29 is 4.79 Å². The second-order valence-electron chi connectivity index (χ2n) is 4.14. The Morgan fingerprint density at radius 2 is 2.05 bits per heavy atom. The van der Waals surface area contributed by atoms with Gasteiger partial charge in [0.15, 0.2) is 5.17 Å². The van der Waals surface area contributed by atoms with Gasteiger partial charge in [-0.1, -0.05) is 39.4 Å². The van der Waals surface area contributed by atoms with Gasteiger partial charge in [0.25, 0.3) is 5.91 Å². The predicted molar refractivity (Wildman–Crippen MR) is 89.6 cm³/mol. The largest absolute Gasteiger partial charge is 0.300 e. The predicted octanol–water partition coefficient (Wildman–Crippen LogP) is 3.50. The number of benzene rings is 1. The number of rotatable bonds is 2. The minimum atomic E-state index is -0.150. The molecule has 2 aromatic rings. The fourth-order valence-electron chi connectivity index (χ4n) is 1.61. The standard InChI is InChI=1S/C13H9BrN4OS2/c1-7-17-18-13(20-7)16-12-15-11(19)10(21-12)6-8-2-4-9(14)5-3-8/h2-6H,1H3,(H,15,16,18,19)/b10-6-. The van der Waals surface area contributed by atoms with E-state index in [1.54, 1.807) is 0 Å². The summed E-state index contributed by atoms with van der Waals surface area (Å²) in [6.45, 7) is 1.86. The molecular weight excluding hydrogens is 372 g/mol. The minimum absolute atomic E-state index is 0.150. The van der Waals surface area contributed by atoms with Crippen LogP contribution >= 0.6 is 39.0 Å². The number of halogens is 1. The number of carbonyl (C=O) groups excluding carboxylic acids is 1. The van der Waals surface area contributed by atoms with Gasteiger partial charge in [-0.25, -0.2) is 0 Å². The molecule has 1 aliphatic rings. The van der Waals surface area contributed by atoms with Crippen molar-refractivity contribution in [1.82, 2.24) is 15.5 Å². The molecule has 0 aliphatic carbocycles. The Morgan fingerprint density at radius 1 is 1.29 bits per heavy atom. The van der Waals surface area contributed by atoms with Crippen LogP contribution in [0.4, 0.5) is 5.13 Å². The number of aromatic nitrogens is 2. The molecule has 1 saturated heterocycles. The SMILES string of the molecule is Cc1nnc(N=C2NC(=O)/C(=C/c3ccc(Br)cc3)S2)s1. The highest BCUT2D eigenvalue weighted by molar-refractivity contribution is 9.10. The Bertz CT molecular complexity index is 752. The van der Waals surface area contributed by atoms with Crippen LogP contribution in [-0.2, 0) is 4.79 Å². The van der Waals surface area contributed by atoms with Gasteiger partial charge in [-0.2, -0.15) is 4.99 Å². The van der Waals surface area contributed by atoms with E-state index in [9.17, 15) is 4.79 Å². The Hall–Kier alpha value is -1.51. The quantitative estimate of drug-likeness (QED) is 0.809. The Kier molecular flexibility index (Phi) is 4.18. The van der Waals surface area contributed by atoms with E-state index in [0.717, 1.165) is 15.0 Å². The van der Waals surface area contributed by atoms with Crippen LogP contribution in [0, 0.1) is 6.92 Å². The molecule has 8 heteroatoms. The van der Waals surface area contributed by atoms with Gasteiger partial charge in [0.1, 0.15) is 5.01 Å². The molecule has 1 amide bonds. The van der Waals surface area contributed by atoms with Crippen LogP contribution in [0.2, 0.25) is 0 Å².